The molecular weight excluding hydrogens is 296 g/mol. The van der Waals surface area contributed by atoms with Crippen molar-refractivity contribution in [3.05, 3.63) is 45.7 Å². The van der Waals surface area contributed by atoms with Crippen molar-refractivity contribution in [1.29, 1.82) is 0 Å². The second-order valence-electron chi connectivity index (χ2n) is 5.40. The molecule has 1 atom stereocenters. The van der Waals surface area contributed by atoms with Gasteiger partial charge in [0.15, 0.2) is 0 Å². The van der Waals surface area contributed by atoms with E-state index in [-0.39, 0.29) is 11.9 Å². The molecule has 2 aromatic rings. The fourth-order valence-electron chi connectivity index (χ4n) is 2.09. The van der Waals surface area contributed by atoms with Crippen LogP contribution in [0.15, 0.2) is 24.7 Å². The minimum absolute atomic E-state index is 0.133. The second kappa shape index (κ2) is 7.89. The Balaban J connectivity index is 1.69. The summed E-state index contributed by atoms with van der Waals surface area (Å²) in [4.78, 5) is 21.4. The van der Waals surface area contributed by atoms with Crippen LogP contribution in [0.4, 0.5) is 4.79 Å². The van der Waals surface area contributed by atoms with E-state index in [2.05, 4.69) is 27.5 Å². The van der Waals surface area contributed by atoms with Crippen LogP contribution in [-0.4, -0.2) is 29.1 Å². The highest BCUT2D eigenvalue weighted by molar-refractivity contribution is 7.11. The molecule has 118 valence electrons. The molecular formula is C16H22N4OS. The van der Waals surface area contributed by atoms with Crippen molar-refractivity contribution in [2.45, 2.75) is 33.1 Å². The zero-order chi connectivity index (χ0) is 15.9. The number of pyridine rings is 1. The number of thiazole rings is 1. The van der Waals surface area contributed by atoms with Crippen molar-refractivity contribution >= 4 is 17.4 Å². The Morgan fingerprint density at radius 2 is 2.14 bits per heavy atom. The smallest absolute Gasteiger partial charge is 0.314 e. The van der Waals surface area contributed by atoms with E-state index >= 15 is 0 Å². The van der Waals surface area contributed by atoms with E-state index in [1.54, 1.807) is 17.5 Å². The van der Waals surface area contributed by atoms with Crippen molar-refractivity contribution in [2.24, 2.45) is 0 Å². The minimum atomic E-state index is -0.133. The largest absolute Gasteiger partial charge is 0.338 e. The maximum Gasteiger partial charge on any atom is 0.314 e. The highest BCUT2D eigenvalue weighted by atomic mass is 32.1. The molecule has 0 unspecified atom stereocenters. The second-order valence-corrected chi connectivity index (χ2v) is 6.67. The maximum atomic E-state index is 11.8. The lowest BCUT2D eigenvalue weighted by Gasteiger charge is -2.11. The molecule has 0 saturated heterocycles. The Hall–Kier alpha value is -1.95. The fraction of sp³-hybridized carbons (Fsp3) is 0.438. The number of hydrogen-bond donors (Lipinski definition) is 2. The topological polar surface area (TPSA) is 66.9 Å². The van der Waals surface area contributed by atoms with Crippen LogP contribution < -0.4 is 10.6 Å². The molecule has 0 fully saturated rings. The van der Waals surface area contributed by atoms with Crippen LogP contribution in [0.1, 0.15) is 33.9 Å². The predicted molar refractivity (Wildman–Crippen MR) is 89.3 cm³/mol. The van der Waals surface area contributed by atoms with Crippen LogP contribution in [-0.2, 0) is 6.42 Å². The summed E-state index contributed by atoms with van der Waals surface area (Å²) in [6, 6.07) is 1.86. The molecule has 2 heterocycles. The first kappa shape index (κ1) is 16.4. The summed E-state index contributed by atoms with van der Waals surface area (Å²) in [5, 5.41) is 6.84. The molecule has 22 heavy (non-hydrogen) atoms. The van der Waals surface area contributed by atoms with Gasteiger partial charge in [0.1, 0.15) is 0 Å². The summed E-state index contributed by atoms with van der Waals surface area (Å²) >= 11 is 1.68. The first-order valence-corrected chi connectivity index (χ1v) is 8.21. The van der Waals surface area contributed by atoms with Crippen molar-refractivity contribution in [1.82, 2.24) is 20.6 Å². The lowest BCUT2D eigenvalue weighted by Crippen LogP contribution is -2.38. The third kappa shape index (κ3) is 4.80. The van der Waals surface area contributed by atoms with Crippen LogP contribution >= 0.6 is 11.3 Å². The lowest BCUT2D eigenvalue weighted by atomic mass is 10.1. The number of nitrogens with one attached hydrogen (secondary N) is 2. The van der Waals surface area contributed by atoms with Gasteiger partial charge in [0, 0.05) is 42.5 Å². The van der Waals surface area contributed by atoms with E-state index in [0.29, 0.717) is 13.1 Å². The number of rotatable bonds is 6. The number of carbonyl (C=O) groups is 1. The van der Waals surface area contributed by atoms with Gasteiger partial charge in [0.2, 0.25) is 0 Å². The molecule has 0 aromatic carbocycles. The van der Waals surface area contributed by atoms with Gasteiger partial charge in [-0.3, -0.25) is 4.98 Å². The first-order valence-electron chi connectivity index (χ1n) is 7.39. The van der Waals surface area contributed by atoms with Gasteiger partial charge in [0.25, 0.3) is 0 Å². The number of nitrogens with zero attached hydrogens (tertiary/aromatic N) is 2. The first-order chi connectivity index (χ1) is 10.6. The van der Waals surface area contributed by atoms with Gasteiger partial charge in [0.05, 0.1) is 5.01 Å². The van der Waals surface area contributed by atoms with E-state index in [1.165, 1.54) is 10.4 Å². The normalized spacial score (nSPS) is 12.0. The van der Waals surface area contributed by atoms with Crippen LogP contribution in [0, 0.1) is 13.8 Å². The van der Waals surface area contributed by atoms with Gasteiger partial charge in [-0.25, -0.2) is 9.78 Å². The number of amides is 2. The molecule has 2 aromatic heterocycles. The molecule has 6 heteroatoms. The molecule has 0 radical (unpaired) electrons. The van der Waals surface area contributed by atoms with Gasteiger partial charge in [-0.1, -0.05) is 6.92 Å². The third-order valence-electron chi connectivity index (χ3n) is 3.45. The lowest BCUT2D eigenvalue weighted by molar-refractivity contribution is 0.240. The van der Waals surface area contributed by atoms with E-state index in [1.807, 2.05) is 32.3 Å². The average molecular weight is 318 g/mol. The predicted octanol–water partition coefficient (Wildman–Crippen LogP) is 2.80. The van der Waals surface area contributed by atoms with Crippen LogP contribution in [0.3, 0.4) is 0 Å². The Morgan fingerprint density at radius 1 is 1.32 bits per heavy atom. The van der Waals surface area contributed by atoms with E-state index in [9.17, 15) is 4.79 Å². The number of hydrogen-bond acceptors (Lipinski definition) is 4. The number of aromatic nitrogens is 2. The Morgan fingerprint density at radius 3 is 2.82 bits per heavy atom. The van der Waals surface area contributed by atoms with Crippen molar-refractivity contribution in [2.75, 3.05) is 13.1 Å². The minimum Gasteiger partial charge on any atom is -0.338 e. The Labute approximate surface area is 135 Å². The summed E-state index contributed by atoms with van der Waals surface area (Å²) in [5.41, 5.74) is 2.36. The summed E-state index contributed by atoms with van der Waals surface area (Å²) in [6.45, 7) is 7.34. The molecule has 0 spiro atoms. The maximum absolute atomic E-state index is 11.8. The summed E-state index contributed by atoms with van der Waals surface area (Å²) in [7, 11) is 0. The fourth-order valence-corrected chi connectivity index (χ4v) is 2.91. The van der Waals surface area contributed by atoms with E-state index in [0.717, 1.165) is 17.0 Å². The van der Waals surface area contributed by atoms with Crippen molar-refractivity contribution in [3.8, 4) is 0 Å². The highest BCUT2D eigenvalue weighted by Gasteiger charge is 2.10. The molecule has 0 aliphatic carbocycles. The summed E-state index contributed by atoms with van der Waals surface area (Å²) in [5.74, 6) is 0.229. The molecule has 0 aliphatic rings. The molecule has 5 nitrogen and oxygen atoms in total. The van der Waals surface area contributed by atoms with Gasteiger partial charge < -0.3 is 10.6 Å². The zero-order valence-corrected chi connectivity index (χ0v) is 14.0. The molecule has 2 rings (SSSR count). The monoisotopic (exact) mass is 318 g/mol. The van der Waals surface area contributed by atoms with Crippen LogP contribution in [0.25, 0.3) is 0 Å². The summed E-state index contributed by atoms with van der Waals surface area (Å²) < 4.78 is 0. The molecule has 0 aliphatic heterocycles. The third-order valence-corrected chi connectivity index (χ3v) is 4.59. The van der Waals surface area contributed by atoms with Crippen molar-refractivity contribution in [3.63, 3.8) is 0 Å². The van der Waals surface area contributed by atoms with E-state index < -0.39 is 0 Å². The number of carbonyl (C=O) groups excluding carboxylic acids is 1. The molecule has 2 amide bonds. The Kier molecular flexibility index (Phi) is 5.89. The van der Waals surface area contributed by atoms with Crippen LogP contribution in [0.2, 0.25) is 0 Å². The van der Waals surface area contributed by atoms with Gasteiger partial charge >= 0.3 is 6.03 Å². The van der Waals surface area contributed by atoms with Gasteiger partial charge in [-0.2, -0.15) is 0 Å². The quantitative estimate of drug-likeness (QED) is 0.860. The van der Waals surface area contributed by atoms with Crippen molar-refractivity contribution < 1.29 is 4.79 Å². The Bertz CT molecular complexity index is 626. The SMILES string of the molecule is Cc1cnc([C@H](C)CNC(=O)NCCc2ccncc2C)s1. The zero-order valence-electron chi connectivity index (χ0n) is 13.2. The standard InChI is InChI=1S/C16H22N4OS/c1-11-8-17-6-4-14(11)5-7-18-16(21)20-9-12(2)15-19-10-13(3)22-15/h4,6,8,10,12H,5,7,9H2,1-3H3,(H2,18,20,21)/t12-/m1/s1. The molecule has 2 N–H and O–H groups in total. The van der Waals surface area contributed by atoms with E-state index in [4.69, 9.17) is 0 Å². The number of aryl methyl sites for hydroxylation is 2. The molecule has 0 bridgehead atoms. The van der Waals surface area contributed by atoms with Gasteiger partial charge in [-0.15, -0.1) is 11.3 Å². The highest BCUT2D eigenvalue weighted by Crippen LogP contribution is 2.20. The number of urea groups is 1. The summed E-state index contributed by atoms with van der Waals surface area (Å²) in [6.07, 6.45) is 6.30. The molecule has 0 saturated carbocycles. The van der Waals surface area contributed by atoms with Crippen LogP contribution in [0.5, 0.6) is 0 Å². The average Bonchev–Trinajstić information content (AvgIpc) is 2.93. The van der Waals surface area contributed by atoms with Gasteiger partial charge in [-0.05, 0) is 37.5 Å².